The maximum absolute atomic E-state index is 12.9. The minimum absolute atomic E-state index is 0.0299. The highest BCUT2D eigenvalue weighted by Gasteiger charge is 2.45. The number of nitrogens with one attached hydrogen (secondary N) is 1. The van der Waals surface area contributed by atoms with E-state index in [1.54, 1.807) is 0 Å². The fraction of sp³-hybridized carbons (Fsp3) is 0.941. The van der Waals surface area contributed by atoms with Gasteiger partial charge < -0.3 is 9.80 Å². The minimum atomic E-state index is 0.0299. The first kappa shape index (κ1) is 15.3. The van der Waals surface area contributed by atoms with E-state index in [1.165, 1.54) is 45.1 Å². The van der Waals surface area contributed by atoms with E-state index in [0.717, 1.165) is 6.54 Å². The molecule has 0 aromatic carbocycles. The van der Waals surface area contributed by atoms with Crippen molar-refractivity contribution in [3.8, 4) is 0 Å². The van der Waals surface area contributed by atoms with Crippen molar-refractivity contribution in [2.75, 3.05) is 20.1 Å². The largest absolute Gasteiger partial charge is 0.324 e. The van der Waals surface area contributed by atoms with Crippen LogP contribution in [-0.2, 0) is 4.79 Å². The summed E-state index contributed by atoms with van der Waals surface area (Å²) in [7, 11) is 2.20. The molecule has 2 aliphatic heterocycles. The summed E-state index contributed by atoms with van der Waals surface area (Å²) in [4.78, 5) is 17.5. The highest BCUT2D eigenvalue weighted by molar-refractivity contribution is 5.84. The van der Waals surface area contributed by atoms with Crippen molar-refractivity contribution in [3.63, 3.8) is 0 Å². The van der Waals surface area contributed by atoms with E-state index in [4.69, 9.17) is 0 Å². The minimum Gasteiger partial charge on any atom is -0.324 e. The van der Waals surface area contributed by atoms with Crippen molar-refractivity contribution in [2.45, 2.75) is 70.6 Å². The van der Waals surface area contributed by atoms with E-state index in [9.17, 15) is 4.79 Å². The molecule has 3 atom stereocenters. The maximum atomic E-state index is 12.9. The second kappa shape index (κ2) is 6.25. The Balaban J connectivity index is 1.73. The lowest BCUT2D eigenvalue weighted by Crippen LogP contribution is -2.47. The Morgan fingerprint density at radius 1 is 1.19 bits per heavy atom. The van der Waals surface area contributed by atoms with Crippen LogP contribution in [0.15, 0.2) is 0 Å². The van der Waals surface area contributed by atoms with Crippen LogP contribution in [0.5, 0.6) is 0 Å². The van der Waals surface area contributed by atoms with E-state index in [1.807, 2.05) is 0 Å². The molecule has 1 amide bonds. The predicted molar refractivity (Wildman–Crippen MR) is 84.9 cm³/mol. The number of amides is 1. The van der Waals surface area contributed by atoms with Gasteiger partial charge in [0.15, 0.2) is 0 Å². The molecule has 0 bridgehead atoms. The molecule has 2 saturated heterocycles. The molecule has 1 aliphatic carbocycles. The first-order valence-electron chi connectivity index (χ1n) is 8.84. The van der Waals surface area contributed by atoms with Gasteiger partial charge in [-0.1, -0.05) is 26.7 Å². The number of nitrogens with zero attached hydrogens (tertiary/aromatic N) is 2. The second-order valence-corrected chi connectivity index (χ2v) is 7.64. The predicted octanol–water partition coefficient (Wildman–Crippen LogP) is 2.05. The van der Waals surface area contributed by atoms with E-state index in [-0.39, 0.29) is 6.04 Å². The number of hydrogen-bond donors (Lipinski definition) is 1. The summed E-state index contributed by atoms with van der Waals surface area (Å²) < 4.78 is 0. The summed E-state index contributed by atoms with van der Waals surface area (Å²) in [6.07, 6.45) is 8.05. The third-order valence-electron chi connectivity index (χ3n) is 5.83. The fourth-order valence-electron chi connectivity index (χ4n) is 4.44. The normalized spacial score (nSPS) is 35.5. The van der Waals surface area contributed by atoms with Crippen LogP contribution >= 0.6 is 0 Å². The van der Waals surface area contributed by atoms with Crippen LogP contribution in [0.25, 0.3) is 0 Å². The summed E-state index contributed by atoms with van der Waals surface area (Å²) in [6, 6.07) is 0.591. The molecule has 21 heavy (non-hydrogen) atoms. The molecule has 1 N–H and O–H groups in total. The van der Waals surface area contributed by atoms with Gasteiger partial charge in [-0.25, -0.2) is 0 Å². The average molecular weight is 293 g/mol. The van der Waals surface area contributed by atoms with Crippen LogP contribution in [-0.4, -0.2) is 54.1 Å². The van der Waals surface area contributed by atoms with Gasteiger partial charge in [0.1, 0.15) is 0 Å². The lowest BCUT2D eigenvalue weighted by Gasteiger charge is -2.33. The summed E-state index contributed by atoms with van der Waals surface area (Å²) in [5.74, 6) is 1.40. The van der Waals surface area contributed by atoms with E-state index >= 15 is 0 Å². The third-order valence-corrected chi connectivity index (χ3v) is 5.83. The number of likely N-dealkylation sites (N-methyl/N-ethyl adjacent to an activating group) is 1. The molecule has 0 spiro atoms. The van der Waals surface area contributed by atoms with Gasteiger partial charge in [-0.05, 0) is 51.1 Å². The molecule has 3 unspecified atom stereocenters. The Kier molecular flexibility index (Phi) is 4.55. The second-order valence-electron chi connectivity index (χ2n) is 7.64. The Hall–Kier alpha value is -0.610. The van der Waals surface area contributed by atoms with Gasteiger partial charge in [-0.2, -0.15) is 0 Å². The zero-order valence-electron chi connectivity index (χ0n) is 13.8. The first-order valence-corrected chi connectivity index (χ1v) is 8.84. The number of carbonyl (C=O) groups is 1. The molecule has 4 heteroatoms. The lowest BCUT2D eigenvalue weighted by molar-refractivity contribution is -0.132. The van der Waals surface area contributed by atoms with Crippen molar-refractivity contribution >= 4 is 5.91 Å². The number of hydrogen-bond acceptors (Lipinski definition) is 3. The SMILES string of the molecule is CC(C)C1NC(C2CCCC2)N(CC2CCCN2C)C1=O. The van der Waals surface area contributed by atoms with E-state index < -0.39 is 0 Å². The van der Waals surface area contributed by atoms with Crippen molar-refractivity contribution in [3.05, 3.63) is 0 Å². The molecule has 2 heterocycles. The van der Waals surface area contributed by atoms with Crippen LogP contribution in [0.1, 0.15) is 52.4 Å². The Labute approximate surface area is 129 Å². The van der Waals surface area contributed by atoms with Crippen molar-refractivity contribution < 1.29 is 4.79 Å². The molecule has 120 valence electrons. The van der Waals surface area contributed by atoms with Crippen molar-refractivity contribution in [1.82, 2.24) is 15.1 Å². The Bertz CT molecular complexity index is 378. The van der Waals surface area contributed by atoms with Crippen LogP contribution < -0.4 is 5.32 Å². The lowest BCUT2D eigenvalue weighted by atomic mass is 10.0. The Morgan fingerprint density at radius 2 is 1.90 bits per heavy atom. The number of carbonyl (C=O) groups excluding carboxylic acids is 1. The van der Waals surface area contributed by atoms with Crippen LogP contribution in [0, 0.1) is 11.8 Å². The van der Waals surface area contributed by atoms with E-state index in [0.29, 0.717) is 30.0 Å². The standard InChI is InChI=1S/C17H31N3O/c1-12(2)15-17(21)20(11-14-9-6-10-19(14)3)16(18-15)13-7-4-5-8-13/h12-16,18H,4-11H2,1-3H3. The smallest absolute Gasteiger partial charge is 0.241 e. The molecule has 3 rings (SSSR count). The van der Waals surface area contributed by atoms with Gasteiger partial charge in [0.05, 0.1) is 12.2 Å². The van der Waals surface area contributed by atoms with Gasteiger partial charge in [0, 0.05) is 12.6 Å². The van der Waals surface area contributed by atoms with Crippen LogP contribution in [0.2, 0.25) is 0 Å². The Morgan fingerprint density at radius 3 is 2.48 bits per heavy atom. The summed E-state index contributed by atoms with van der Waals surface area (Å²) in [5.41, 5.74) is 0. The first-order chi connectivity index (χ1) is 10.1. The quantitative estimate of drug-likeness (QED) is 0.862. The van der Waals surface area contributed by atoms with Crippen LogP contribution in [0.4, 0.5) is 0 Å². The van der Waals surface area contributed by atoms with Crippen molar-refractivity contribution in [1.29, 1.82) is 0 Å². The highest BCUT2D eigenvalue weighted by atomic mass is 16.2. The van der Waals surface area contributed by atoms with Gasteiger partial charge in [-0.3, -0.25) is 10.1 Å². The molecule has 3 aliphatic rings. The van der Waals surface area contributed by atoms with Gasteiger partial charge in [-0.15, -0.1) is 0 Å². The summed E-state index contributed by atoms with van der Waals surface area (Å²) in [6.45, 7) is 6.42. The molecule has 4 nitrogen and oxygen atoms in total. The zero-order valence-corrected chi connectivity index (χ0v) is 13.8. The molecule has 0 aromatic heterocycles. The molecule has 0 aromatic rings. The molecular weight excluding hydrogens is 262 g/mol. The monoisotopic (exact) mass is 293 g/mol. The van der Waals surface area contributed by atoms with Gasteiger partial charge >= 0.3 is 0 Å². The zero-order chi connectivity index (χ0) is 15.0. The molecular formula is C17H31N3O. The number of likely N-dealkylation sites (tertiary alicyclic amines) is 1. The fourth-order valence-corrected chi connectivity index (χ4v) is 4.44. The topological polar surface area (TPSA) is 35.6 Å². The summed E-state index contributed by atoms with van der Waals surface area (Å²) in [5, 5.41) is 3.68. The highest BCUT2D eigenvalue weighted by Crippen LogP contribution is 2.33. The molecule has 3 fully saturated rings. The maximum Gasteiger partial charge on any atom is 0.241 e. The summed E-state index contributed by atoms with van der Waals surface area (Å²) >= 11 is 0. The van der Waals surface area contributed by atoms with Crippen molar-refractivity contribution in [2.24, 2.45) is 11.8 Å². The third kappa shape index (κ3) is 2.98. The number of rotatable bonds is 4. The molecule has 1 saturated carbocycles. The average Bonchev–Trinajstić information content (AvgIpc) is 3.13. The van der Waals surface area contributed by atoms with E-state index in [2.05, 4.69) is 36.0 Å². The molecule has 0 radical (unpaired) electrons. The van der Waals surface area contributed by atoms with Gasteiger partial charge in [0.2, 0.25) is 5.91 Å². The van der Waals surface area contributed by atoms with Gasteiger partial charge in [0.25, 0.3) is 0 Å². The van der Waals surface area contributed by atoms with Crippen LogP contribution in [0.3, 0.4) is 0 Å².